The Labute approximate surface area is 206 Å². The molecular weight excluding hydrogens is 432 g/mol. The molecule has 0 saturated carbocycles. The molecule has 4 aromatic rings. The molecule has 5 rings (SSSR count). The van der Waals surface area contributed by atoms with Gasteiger partial charge in [0.1, 0.15) is 6.72 Å². The zero-order valence-electron chi connectivity index (χ0n) is 20.7. The van der Waals surface area contributed by atoms with Crippen molar-refractivity contribution in [2.24, 2.45) is 5.92 Å². The van der Waals surface area contributed by atoms with E-state index in [4.69, 9.17) is 5.32 Å². The van der Waals surface area contributed by atoms with Gasteiger partial charge in [-0.3, -0.25) is 0 Å². The molecule has 0 amide bonds. The highest BCUT2D eigenvalue weighted by Gasteiger charge is 2.20. The van der Waals surface area contributed by atoms with E-state index in [1.807, 2.05) is 21.8 Å². The summed E-state index contributed by atoms with van der Waals surface area (Å²) < 4.78 is 1.97. The number of nitrogens with zero attached hydrogens (tertiary/aromatic N) is 2. The van der Waals surface area contributed by atoms with Crippen LogP contribution in [0.15, 0.2) is 67.0 Å². The predicted octanol–water partition coefficient (Wildman–Crippen LogP) is 7.51. The number of hydrogen-bond acceptors (Lipinski definition) is 1. The molecule has 0 spiro atoms. The van der Waals surface area contributed by atoms with Gasteiger partial charge in [0.2, 0.25) is 5.69 Å². The monoisotopic (exact) mass is 464 g/mol. The van der Waals surface area contributed by atoms with Gasteiger partial charge < -0.3 is 5.32 Å². The SMILES string of the molecule is C=[n+]1ccc(=C2[N-]C=Cc3sc(CC(C)C)cc32)cc1-c1cc(C(C)(C)C)c2ccccc2c1. The summed E-state index contributed by atoms with van der Waals surface area (Å²) in [5.41, 5.74) is 5.94. The van der Waals surface area contributed by atoms with E-state index in [9.17, 15) is 0 Å². The molecule has 0 unspecified atom stereocenters. The Bertz CT molecular complexity index is 1530. The predicted molar refractivity (Wildman–Crippen MR) is 146 cm³/mol. The molecular formula is C31H32N2S. The van der Waals surface area contributed by atoms with E-state index in [-0.39, 0.29) is 5.41 Å². The molecule has 0 atom stereocenters. The van der Waals surface area contributed by atoms with E-state index in [1.165, 1.54) is 37.2 Å². The number of hydrogen-bond donors (Lipinski definition) is 0. The molecule has 2 nitrogen and oxygen atoms in total. The summed E-state index contributed by atoms with van der Waals surface area (Å²) in [6, 6.07) is 20.0. The maximum Gasteiger partial charge on any atom is 0.217 e. The maximum absolute atomic E-state index is 4.82. The average Bonchev–Trinajstić information content (AvgIpc) is 3.20. The topological polar surface area (TPSA) is 20.0 Å². The normalized spacial score (nSPS) is 15.0. The van der Waals surface area contributed by atoms with Gasteiger partial charge in [-0.15, -0.1) is 17.0 Å². The molecule has 1 aliphatic rings. The van der Waals surface area contributed by atoms with E-state index in [0.29, 0.717) is 5.92 Å². The van der Waals surface area contributed by atoms with Gasteiger partial charge in [-0.25, -0.2) is 0 Å². The molecule has 2 aromatic heterocycles. The Hall–Kier alpha value is -3.17. The Morgan fingerprint density at radius 1 is 1.03 bits per heavy atom. The van der Waals surface area contributed by atoms with Gasteiger partial charge in [-0.05, 0) is 63.1 Å². The molecule has 2 aromatic carbocycles. The van der Waals surface area contributed by atoms with Crippen LogP contribution in [0.1, 0.15) is 55.5 Å². The molecule has 0 bridgehead atoms. The lowest BCUT2D eigenvalue weighted by molar-refractivity contribution is -0.486. The lowest BCUT2D eigenvalue weighted by Crippen LogP contribution is -2.22. The van der Waals surface area contributed by atoms with Crippen molar-refractivity contribution in [3.8, 4) is 11.3 Å². The van der Waals surface area contributed by atoms with Gasteiger partial charge >= 0.3 is 0 Å². The van der Waals surface area contributed by atoms with Crippen LogP contribution in [-0.2, 0) is 11.8 Å². The fourth-order valence-corrected chi connectivity index (χ4v) is 6.02. The van der Waals surface area contributed by atoms with Gasteiger partial charge in [-0.1, -0.05) is 65.0 Å². The Morgan fingerprint density at radius 2 is 1.82 bits per heavy atom. The zero-order valence-corrected chi connectivity index (χ0v) is 21.5. The third-order valence-corrected chi connectivity index (χ3v) is 7.50. The van der Waals surface area contributed by atoms with E-state index in [0.717, 1.165) is 23.0 Å². The van der Waals surface area contributed by atoms with Crippen LogP contribution in [-0.4, -0.2) is 0 Å². The van der Waals surface area contributed by atoms with Crippen molar-refractivity contribution in [1.82, 2.24) is 0 Å². The van der Waals surface area contributed by atoms with Crippen LogP contribution in [0, 0.1) is 12.6 Å². The van der Waals surface area contributed by atoms with Crippen LogP contribution in [0.5, 0.6) is 0 Å². The van der Waals surface area contributed by atoms with Crippen molar-refractivity contribution in [3.63, 3.8) is 0 Å². The lowest BCUT2D eigenvalue weighted by Gasteiger charge is -2.25. The van der Waals surface area contributed by atoms with Gasteiger partial charge in [0, 0.05) is 27.5 Å². The second-order valence-corrected chi connectivity index (χ2v) is 11.8. The summed E-state index contributed by atoms with van der Waals surface area (Å²) in [6.07, 6.45) is 7.23. The highest BCUT2D eigenvalue weighted by atomic mass is 32.1. The Morgan fingerprint density at radius 3 is 2.59 bits per heavy atom. The van der Waals surface area contributed by atoms with Crippen LogP contribution >= 0.6 is 11.3 Å². The first kappa shape index (κ1) is 22.6. The van der Waals surface area contributed by atoms with E-state index in [2.05, 4.69) is 108 Å². The molecule has 172 valence electrons. The van der Waals surface area contributed by atoms with E-state index >= 15 is 0 Å². The largest absolute Gasteiger partial charge is 0.663 e. The number of aromatic nitrogens is 1. The number of benzene rings is 2. The molecule has 1 aliphatic heterocycles. The quantitative estimate of drug-likeness (QED) is 0.280. The summed E-state index contributed by atoms with van der Waals surface area (Å²) in [5, 5.41) is 8.51. The molecule has 0 aliphatic carbocycles. The maximum atomic E-state index is 4.82. The molecule has 3 heterocycles. The Kier molecular flexibility index (Phi) is 5.69. The number of rotatable bonds is 3. The van der Waals surface area contributed by atoms with Crippen LogP contribution in [0.2, 0.25) is 0 Å². The average molecular weight is 465 g/mol. The van der Waals surface area contributed by atoms with Gasteiger partial charge in [0.15, 0.2) is 6.20 Å². The summed E-state index contributed by atoms with van der Waals surface area (Å²) in [7, 11) is 0. The molecule has 0 saturated heterocycles. The molecule has 3 heteroatoms. The van der Waals surface area contributed by atoms with Gasteiger partial charge in [0.25, 0.3) is 0 Å². The number of fused-ring (bicyclic) bond motifs is 2. The number of pyridine rings is 1. The van der Waals surface area contributed by atoms with Crippen molar-refractivity contribution in [2.75, 3.05) is 0 Å². The van der Waals surface area contributed by atoms with Crippen molar-refractivity contribution in [3.05, 3.63) is 105 Å². The first-order valence-electron chi connectivity index (χ1n) is 12.0. The molecule has 34 heavy (non-hydrogen) atoms. The van der Waals surface area contributed by atoms with Gasteiger partial charge in [0.05, 0.1) is 0 Å². The summed E-state index contributed by atoms with van der Waals surface area (Å²) in [4.78, 5) is 2.72. The minimum atomic E-state index is 0.0376. The zero-order chi connectivity index (χ0) is 24.0. The fraction of sp³-hybridized carbons (Fsp3) is 0.258. The van der Waals surface area contributed by atoms with Crippen LogP contribution in [0.3, 0.4) is 0 Å². The smallest absolute Gasteiger partial charge is 0.217 e. The second kappa shape index (κ2) is 8.56. The number of thiophene rings is 1. The minimum Gasteiger partial charge on any atom is -0.663 e. The van der Waals surface area contributed by atoms with Crippen molar-refractivity contribution < 1.29 is 4.24 Å². The first-order valence-corrected chi connectivity index (χ1v) is 12.8. The second-order valence-electron chi connectivity index (χ2n) is 10.6. The van der Waals surface area contributed by atoms with E-state index in [1.54, 1.807) is 0 Å². The fourth-order valence-electron chi connectivity index (χ4n) is 4.75. The summed E-state index contributed by atoms with van der Waals surface area (Å²) in [6.45, 7) is 15.7. The van der Waals surface area contributed by atoms with Crippen LogP contribution < -0.4 is 9.46 Å². The molecule has 0 fully saturated rings. The molecule has 0 N–H and O–H groups in total. The van der Waals surface area contributed by atoms with Crippen molar-refractivity contribution in [2.45, 2.75) is 46.5 Å². The van der Waals surface area contributed by atoms with Crippen LogP contribution in [0.4, 0.5) is 0 Å². The van der Waals surface area contributed by atoms with Crippen LogP contribution in [0.25, 0.3) is 39.1 Å². The first-order chi connectivity index (χ1) is 16.2. The van der Waals surface area contributed by atoms with Crippen molar-refractivity contribution in [1.29, 1.82) is 0 Å². The molecule has 0 radical (unpaired) electrons. The third-order valence-electron chi connectivity index (χ3n) is 6.38. The third kappa shape index (κ3) is 4.21. The lowest BCUT2D eigenvalue weighted by atomic mass is 9.82. The minimum absolute atomic E-state index is 0.0376. The van der Waals surface area contributed by atoms with Gasteiger partial charge in [-0.2, -0.15) is 10.4 Å². The van der Waals surface area contributed by atoms with E-state index < -0.39 is 0 Å². The Balaban J connectivity index is 1.71. The highest BCUT2D eigenvalue weighted by Crippen LogP contribution is 2.37. The summed E-state index contributed by atoms with van der Waals surface area (Å²) >= 11 is 1.89. The standard InChI is InChI=1S/C31H32N2S/c1-20(2)15-24-19-26-29(34-24)11-13-32-30(26)22-12-14-33(6)28(18-22)23-16-21-9-7-8-10-25(21)27(17-23)31(3,4)5/h7-14,16-20H,6,15H2,1-5H3. The highest BCUT2D eigenvalue weighted by molar-refractivity contribution is 7.13. The summed E-state index contributed by atoms with van der Waals surface area (Å²) in [5.74, 6) is 0.642. The van der Waals surface area contributed by atoms with Crippen molar-refractivity contribution >= 4 is 33.9 Å².